The molecule has 0 aliphatic heterocycles. The monoisotopic (exact) mass is 317 g/mol. The van der Waals surface area contributed by atoms with E-state index in [0.717, 1.165) is 16.0 Å². The van der Waals surface area contributed by atoms with Crippen LogP contribution in [0, 0.1) is 0 Å². The van der Waals surface area contributed by atoms with Crippen LogP contribution in [0.1, 0.15) is 60.3 Å². The number of nitrogen functional groups attached to an aromatic ring is 1. The fraction of sp³-hybridized carbons (Fsp3) is 0.389. The van der Waals surface area contributed by atoms with E-state index in [2.05, 4.69) is 52.0 Å². The molecule has 0 unspecified atom stereocenters. The minimum atomic E-state index is -0.372. The molecule has 0 amide bonds. The van der Waals surface area contributed by atoms with Crippen LogP contribution < -0.4 is 5.73 Å². The predicted molar refractivity (Wildman–Crippen MR) is 93.7 cm³/mol. The number of benzene rings is 1. The summed E-state index contributed by atoms with van der Waals surface area (Å²) in [6, 6.07) is 8.35. The zero-order valence-corrected chi connectivity index (χ0v) is 14.6. The lowest BCUT2D eigenvalue weighted by molar-refractivity contribution is 0.0603. The van der Waals surface area contributed by atoms with Crippen LogP contribution in [0.3, 0.4) is 0 Å². The summed E-state index contributed by atoms with van der Waals surface area (Å²) in [6.45, 7) is 8.55. The Morgan fingerprint density at radius 3 is 2.14 bits per heavy atom. The third-order valence-electron chi connectivity index (χ3n) is 3.74. The van der Waals surface area contributed by atoms with Crippen LogP contribution in [0.15, 0.2) is 24.3 Å². The molecule has 2 rings (SSSR count). The number of carbonyl (C=O) groups is 1. The number of anilines is 1. The highest BCUT2D eigenvalue weighted by atomic mass is 32.1. The van der Waals surface area contributed by atoms with Crippen LogP contribution in [0.25, 0.3) is 11.1 Å². The van der Waals surface area contributed by atoms with E-state index < -0.39 is 0 Å². The second kappa shape index (κ2) is 6.53. The molecule has 0 fully saturated rings. The number of thiophene rings is 1. The maximum absolute atomic E-state index is 12.1. The highest BCUT2D eigenvalue weighted by molar-refractivity contribution is 7.17. The van der Waals surface area contributed by atoms with Gasteiger partial charge in [0, 0.05) is 10.4 Å². The fourth-order valence-electron chi connectivity index (χ4n) is 2.50. The first-order valence-electron chi connectivity index (χ1n) is 7.47. The maximum atomic E-state index is 12.1. The lowest BCUT2D eigenvalue weighted by atomic mass is 9.94. The molecule has 1 aromatic carbocycles. The number of methoxy groups -OCH3 is 1. The zero-order chi connectivity index (χ0) is 16.4. The fourth-order valence-corrected chi connectivity index (χ4v) is 3.58. The minimum Gasteiger partial charge on any atom is -0.465 e. The number of nitrogens with two attached hydrogens (primary N) is 1. The van der Waals surface area contributed by atoms with Gasteiger partial charge in [-0.05, 0) is 23.0 Å². The molecule has 0 bridgehead atoms. The van der Waals surface area contributed by atoms with Gasteiger partial charge in [-0.15, -0.1) is 11.3 Å². The van der Waals surface area contributed by atoms with Gasteiger partial charge in [0.2, 0.25) is 0 Å². The van der Waals surface area contributed by atoms with Crippen LogP contribution in [0.5, 0.6) is 0 Å². The summed E-state index contributed by atoms with van der Waals surface area (Å²) in [5.41, 5.74) is 9.79. The first-order chi connectivity index (χ1) is 10.4. The molecule has 22 heavy (non-hydrogen) atoms. The molecule has 0 radical (unpaired) electrons. The van der Waals surface area contributed by atoms with Crippen molar-refractivity contribution in [1.82, 2.24) is 0 Å². The van der Waals surface area contributed by atoms with Gasteiger partial charge in [-0.2, -0.15) is 0 Å². The lowest BCUT2D eigenvalue weighted by Crippen LogP contribution is -2.05. The SMILES string of the molecule is COC(=O)c1c(N)sc(C(C)C)c1-c1ccc(C(C)C)cc1. The van der Waals surface area contributed by atoms with Crippen molar-refractivity contribution < 1.29 is 9.53 Å². The summed E-state index contributed by atoms with van der Waals surface area (Å²) in [6.07, 6.45) is 0. The van der Waals surface area contributed by atoms with E-state index in [0.29, 0.717) is 22.4 Å². The first kappa shape index (κ1) is 16.6. The van der Waals surface area contributed by atoms with E-state index in [1.807, 2.05) is 0 Å². The molecule has 0 saturated heterocycles. The molecule has 118 valence electrons. The van der Waals surface area contributed by atoms with Gasteiger partial charge in [-0.25, -0.2) is 4.79 Å². The summed E-state index contributed by atoms with van der Waals surface area (Å²) in [4.78, 5) is 13.3. The molecular weight excluding hydrogens is 294 g/mol. The summed E-state index contributed by atoms with van der Waals surface area (Å²) >= 11 is 1.48. The Balaban J connectivity index is 2.63. The summed E-state index contributed by atoms with van der Waals surface area (Å²) < 4.78 is 4.92. The van der Waals surface area contributed by atoms with Crippen molar-refractivity contribution in [2.24, 2.45) is 0 Å². The Morgan fingerprint density at radius 2 is 1.68 bits per heavy atom. The molecule has 1 heterocycles. The topological polar surface area (TPSA) is 52.3 Å². The van der Waals surface area contributed by atoms with Crippen LogP contribution in [-0.2, 0) is 4.74 Å². The second-order valence-electron chi connectivity index (χ2n) is 6.00. The molecule has 4 heteroatoms. The Morgan fingerprint density at radius 1 is 1.09 bits per heavy atom. The quantitative estimate of drug-likeness (QED) is 0.805. The molecule has 0 saturated carbocycles. The Kier molecular flexibility index (Phi) is 4.91. The van der Waals surface area contributed by atoms with Crippen molar-refractivity contribution in [3.63, 3.8) is 0 Å². The highest BCUT2D eigenvalue weighted by Gasteiger charge is 2.25. The molecule has 0 aliphatic rings. The molecule has 3 nitrogen and oxygen atoms in total. The maximum Gasteiger partial charge on any atom is 0.341 e. The highest BCUT2D eigenvalue weighted by Crippen LogP contribution is 2.42. The third-order valence-corrected chi connectivity index (χ3v) is 5.06. The van der Waals surface area contributed by atoms with Crippen molar-refractivity contribution in [2.75, 3.05) is 12.8 Å². The molecule has 0 aliphatic carbocycles. The smallest absolute Gasteiger partial charge is 0.341 e. The third kappa shape index (κ3) is 3.02. The Bertz CT molecular complexity index is 669. The van der Waals surface area contributed by atoms with E-state index in [-0.39, 0.29) is 5.97 Å². The number of ether oxygens (including phenoxy) is 1. The Labute approximate surface area is 136 Å². The molecule has 2 N–H and O–H groups in total. The van der Waals surface area contributed by atoms with Crippen LogP contribution in [0.2, 0.25) is 0 Å². The minimum absolute atomic E-state index is 0.297. The normalized spacial score (nSPS) is 11.2. The zero-order valence-electron chi connectivity index (χ0n) is 13.8. The van der Waals surface area contributed by atoms with Crippen LogP contribution >= 0.6 is 11.3 Å². The van der Waals surface area contributed by atoms with E-state index in [1.165, 1.54) is 24.0 Å². The molecular formula is C18H23NO2S. The Hall–Kier alpha value is -1.81. The van der Waals surface area contributed by atoms with Crippen molar-refractivity contribution >= 4 is 22.3 Å². The molecule has 0 spiro atoms. The van der Waals surface area contributed by atoms with Crippen molar-refractivity contribution in [3.05, 3.63) is 40.3 Å². The van der Waals surface area contributed by atoms with Crippen LogP contribution in [0.4, 0.5) is 5.00 Å². The summed E-state index contributed by atoms with van der Waals surface area (Å²) in [5.74, 6) is 0.403. The molecule has 0 atom stereocenters. The standard InChI is InChI=1S/C18H23NO2S/c1-10(2)12-6-8-13(9-7-12)14-15(18(20)21-5)17(19)22-16(14)11(3)4/h6-11H,19H2,1-5H3. The van der Waals surface area contributed by atoms with E-state index in [1.54, 1.807) is 0 Å². The lowest BCUT2D eigenvalue weighted by Gasteiger charge is -2.11. The van der Waals surface area contributed by atoms with Crippen molar-refractivity contribution in [2.45, 2.75) is 39.5 Å². The average molecular weight is 317 g/mol. The second-order valence-corrected chi connectivity index (χ2v) is 7.09. The van der Waals surface area contributed by atoms with Gasteiger partial charge in [0.1, 0.15) is 10.6 Å². The van der Waals surface area contributed by atoms with E-state index in [4.69, 9.17) is 10.5 Å². The summed E-state index contributed by atoms with van der Waals surface area (Å²) in [5, 5.41) is 0.526. The predicted octanol–water partition coefficient (Wildman–Crippen LogP) is 5.03. The number of hydrogen-bond donors (Lipinski definition) is 1. The van der Waals surface area contributed by atoms with Gasteiger partial charge in [0.05, 0.1) is 7.11 Å². The summed E-state index contributed by atoms with van der Waals surface area (Å²) in [7, 11) is 1.39. The van der Waals surface area contributed by atoms with Gasteiger partial charge in [0.15, 0.2) is 0 Å². The molecule has 1 aromatic heterocycles. The average Bonchev–Trinajstić information content (AvgIpc) is 2.84. The van der Waals surface area contributed by atoms with Gasteiger partial charge < -0.3 is 10.5 Å². The van der Waals surface area contributed by atoms with Gasteiger partial charge >= 0.3 is 5.97 Å². The number of esters is 1. The number of hydrogen-bond acceptors (Lipinski definition) is 4. The van der Waals surface area contributed by atoms with E-state index in [9.17, 15) is 4.79 Å². The first-order valence-corrected chi connectivity index (χ1v) is 8.29. The van der Waals surface area contributed by atoms with Crippen LogP contribution in [-0.4, -0.2) is 13.1 Å². The number of rotatable bonds is 4. The molecule has 2 aromatic rings. The van der Waals surface area contributed by atoms with Gasteiger partial charge in [-0.3, -0.25) is 0 Å². The number of carbonyl (C=O) groups excluding carboxylic acids is 1. The van der Waals surface area contributed by atoms with Crippen molar-refractivity contribution in [1.29, 1.82) is 0 Å². The van der Waals surface area contributed by atoms with Gasteiger partial charge in [-0.1, -0.05) is 52.0 Å². The van der Waals surface area contributed by atoms with E-state index >= 15 is 0 Å². The van der Waals surface area contributed by atoms with Gasteiger partial charge in [0.25, 0.3) is 0 Å². The van der Waals surface area contributed by atoms with Crippen molar-refractivity contribution in [3.8, 4) is 11.1 Å². The largest absolute Gasteiger partial charge is 0.465 e.